The second kappa shape index (κ2) is 9.50. The number of hydrogen-bond donors (Lipinski definition) is 2. The first-order valence-electron chi connectivity index (χ1n) is 10.9. The summed E-state index contributed by atoms with van der Waals surface area (Å²) in [6.07, 6.45) is 6.42. The van der Waals surface area contributed by atoms with Gasteiger partial charge in [-0.2, -0.15) is 0 Å². The average molecular weight is 397 g/mol. The van der Waals surface area contributed by atoms with Crippen LogP contribution >= 0.6 is 0 Å². The summed E-state index contributed by atoms with van der Waals surface area (Å²) < 4.78 is 1.85. The first kappa shape index (κ1) is 20.0. The molecule has 1 atom stereocenters. The SMILES string of the molecule is CC1CCCN(Cc2ccccc2CNC(=O)c2cn(C3CCNCC3)nn2)C1. The Morgan fingerprint density at radius 2 is 2.00 bits per heavy atom. The highest BCUT2D eigenvalue weighted by Gasteiger charge is 2.20. The van der Waals surface area contributed by atoms with Gasteiger partial charge in [0.15, 0.2) is 5.69 Å². The summed E-state index contributed by atoms with van der Waals surface area (Å²) in [5.41, 5.74) is 2.86. The first-order valence-corrected chi connectivity index (χ1v) is 10.9. The molecule has 1 aromatic carbocycles. The van der Waals surface area contributed by atoms with E-state index in [1.165, 1.54) is 24.0 Å². The van der Waals surface area contributed by atoms with Crippen LogP contribution in [0.3, 0.4) is 0 Å². The standard InChI is InChI=1S/C22H32N6O/c1-17-5-4-12-27(14-17)15-19-7-3-2-6-18(19)13-24-22(29)21-16-28(26-25-21)20-8-10-23-11-9-20/h2-3,6-7,16-17,20,23H,4-5,8-15H2,1H3,(H,24,29). The monoisotopic (exact) mass is 396 g/mol. The van der Waals surface area contributed by atoms with Gasteiger partial charge in [0.25, 0.3) is 5.91 Å². The summed E-state index contributed by atoms with van der Waals surface area (Å²) in [7, 11) is 0. The highest BCUT2D eigenvalue weighted by Crippen LogP contribution is 2.20. The molecule has 2 fully saturated rings. The Hall–Kier alpha value is -2.25. The molecule has 1 amide bonds. The lowest BCUT2D eigenvalue weighted by Gasteiger charge is -2.31. The quantitative estimate of drug-likeness (QED) is 0.784. The predicted octanol–water partition coefficient (Wildman–Crippen LogP) is 2.36. The van der Waals surface area contributed by atoms with E-state index in [1.54, 1.807) is 6.20 Å². The van der Waals surface area contributed by atoms with Gasteiger partial charge in [-0.25, -0.2) is 4.68 Å². The molecule has 1 unspecified atom stereocenters. The van der Waals surface area contributed by atoms with Gasteiger partial charge in [-0.15, -0.1) is 5.10 Å². The second-order valence-corrected chi connectivity index (χ2v) is 8.50. The molecule has 156 valence electrons. The number of benzene rings is 1. The maximum atomic E-state index is 12.6. The minimum Gasteiger partial charge on any atom is -0.347 e. The van der Waals surface area contributed by atoms with Crippen LogP contribution in [0, 0.1) is 5.92 Å². The zero-order valence-corrected chi connectivity index (χ0v) is 17.3. The molecule has 3 heterocycles. The van der Waals surface area contributed by atoms with Crippen LogP contribution < -0.4 is 10.6 Å². The molecule has 2 aromatic rings. The molecule has 1 aromatic heterocycles. The number of likely N-dealkylation sites (tertiary alicyclic amines) is 1. The lowest BCUT2D eigenvalue weighted by atomic mass is 9.99. The minimum absolute atomic E-state index is 0.161. The van der Waals surface area contributed by atoms with Crippen LogP contribution in [0.15, 0.2) is 30.5 Å². The fourth-order valence-corrected chi connectivity index (χ4v) is 4.45. The largest absolute Gasteiger partial charge is 0.347 e. The molecule has 0 bridgehead atoms. The van der Waals surface area contributed by atoms with Crippen LogP contribution in [0.2, 0.25) is 0 Å². The van der Waals surface area contributed by atoms with E-state index < -0.39 is 0 Å². The van der Waals surface area contributed by atoms with E-state index in [0.29, 0.717) is 18.3 Å². The summed E-state index contributed by atoms with van der Waals surface area (Å²) in [6, 6.07) is 8.73. The second-order valence-electron chi connectivity index (χ2n) is 8.50. The van der Waals surface area contributed by atoms with Crippen molar-refractivity contribution in [2.75, 3.05) is 26.2 Å². The third kappa shape index (κ3) is 5.22. The van der Waals surface area contributed by atoms with Crippen LogP contribution in [-0.4, -0.2) is 52.0 Å². The number of rotatable bonds is 6. The van der Waals surface area contributed by atoms with Gasteiger partial charge in [-0.05, 0) is 62.4 Å². The molecule has 4 rings (SSSR count). The van der Waals surface area contributed by atoms with Crippen molar-refractivity contribution >= 4 is 5.91 Å². The number of aromatic nitrogens is 3. The Bertz CT molecular complexity index is 813. The highest BCUT2D eigenvalue weighted by atomic mass is 16.2. The fraction of sp³-hybridized carbons (Fsp3) is 0.591. The Morgan fingerprint density at radius 3 is 2.79 bits per heavy atom. The van der Waals surface area contributed by atoms with Crippen LogP contribution in [0.4, 0.5) is 0 Å². The van der Waals surface area contributed by atoms with Crippen molar-refractivity contribution in [2.45, 2.75) is 51.7 Å². The third-order valence-corrected chi connectivity index (χ3v) is 6.12. The van der Waals surface area contributed by atoms with Crippen molar-refractivity contribution in [3.8, 4) is 0 Å². The maximum Gasteiger partial charge on any atom is 0.273 e. The molecule has 2 aliphatic heterocycles. The lowest BCUT2D eigenvalue weighted by Crippen LogP contribution is -2.34. The summed E-state index contributed by atoms with van der Waals surface area (Å²) >= 11 is 0. The number of piperidine rings is 2. The highest BCUT2D eigenvalue weighted by molar-refractivity contribution is 5.91. The summed E-state index contributed by atoms with van der Waals surface area (Å²) in [6.45, 7) is 8.07. The number of nitrogens with zero attached hydrogens (tertiary/aromatic N) is 4. The number of carbonyl (C=O) groups is 1. The predicted molar refractivity (Wildman–Crippen MR) is 112 cm³/mol. The normalized spacial score (nSPS) is 21.2. The molecule has 2 aliphatic rings. The maximum absolute atomic E-state index is 12.6. The molecule has 2 saturated heterocycles. The van der Waals surface area contributed by atoms with E-state index in [2.05, 4.69) is 51.0 Å². The van der Waals surface area contributed by atoms with Crippen molar-refractivity contribution in [2.24, 2.45) is 5.92 Å². The molecular weight excluding hydrogens is 364 g/mol. The molecule has 0 spiro atoms. The van der Waals surface area contributed by atoms with Gasteiger partial charge >= 0.3 is 0 Å². The van der Waals surface area contributed by atoms with E-state index >= 15 is 0 Å². The van der Waals surface area contributed by atoms with Gasteiger partial charge in [0, 0.05) is 19.6 Å². The molecule has 0 aliphatic carbocycles. The van der Waals surface area contributed by atoms with Crippen LogP contribution in [0.1, 0.15) is 60.3 Å². The molecule has 0 radical (unpaired) electrons. The van der Waals surface area contributed by atoms with Gasteiger partial charge < -0.3 is 10.6 Å². The van der Waals surface area contributed by atoms with E-state index in [-0.39, 0.29) is 5.91 Å². The van der Waals surface area contributed by atoms with Gasteiger partial charge in [0.1, 0.15) is 0 Å². The topological polar surface area (TPSA) is 75.1 Å². The van der Waals surface area contributed by atoms with Crippen molar-refractivity contribution in [1.82, 2.24) is 30.5 Å². The minimum atomic E-state index is -0.161. The average Bonchev–Trinajstić information content (AvgIpc) is 3.24. The zero-order chi connectivity index (χ0) is 20.1. The molecule has 2 N–H and O–H groups in total. The van der Waals surface area contributed by atoms with Crippen molar-refractivity contribution < 1.29 is 4.79 Å². The van der Waals surface area contributed by atoms with E-state index in [4.69, 9.17) is 0 Å². The van der Waals surface area contributed by atoms with Gasteiger partial charge in [0.05, 0.1) is 12.2 Å². The molecule has 0 saturated carbocycles. The van der Waals surface area contributed by atoms with Gasteiger partial charge in [0.2, 0.25) is 0 Å². The Labute approximate surface area is 172 Å². The number of carbonyl (C=O) groups excluding carboxylic acids is 1. The molecular formula is C22H32N6O. The van der Waals surface area contributed by atoms with Gasteiger partial charge in [-0.3, -0.25) is 9.69 Å². The smallest absolute Gasteiger partial charge is 0.273 e. The third-order valence-electron chi connectivity index (χ3n) is 6.12. The first-order chi connectivity index (χ1) is 14.2. The number of hydrogen-bond acceptors (Lipinski definition) is 5. The van der Waals surface area contributed by atoms with Crippen molar-refractivity contribution in [3.05, 3.63) is 47.3 Å². The number of nitrogens with one attached hydrogen (secondary N) is 2. The molecule has 7 nitrogen and oxygen atoms in total. The summed E-state index contributed by atoms with van der Waals surface area (Å²) in [4.78, 5) is 15.1. The van der Waals surface area contributed by atoms with E-state index in [9.17, 15) is 4.79 Å². The summed E-state index contributed by atoms with van der Waals surface area (Å²) in [5.74, 6) is 0.602. The van der Waals surface area contributed by atoms with E-state index in [1.807, 2.05) is 10.7 Å². The zero-order valence-electron chi connectivity index (χ0n) is 17.3. The Balaban J connectivity index is 1.35. The Kier molecular flexibility index (Phi) is 6.56. The Morgan fingerprint density at radius 1 is 1.21 bits per heavy atom. The number of amides is 1. The van der Waals surface area contributed by atoms with Crippen LogP contribution in [0.5, 0.6) is 0 Å². The summed E-state index contributed by atoms with van der Waals surface area (Å²) in [5, 5.41) is 14.7. The van der Waals surface area contributed by atoms with Crippen LogP contribution in [-0.2, 0) is 13.1 Å². The fourth-order valence-electron chi connectivity index (χ4n) is 4.45. The molecule has 7 heteroatoms. The van der Waals surface area contributed by atoms with Crippen molar-refractivity contribution in [3.63, 3.8) is 0 Å². The van der Waals surface area contributed by atoms with Crippen molar-refractivity contribution in [1.29, 1.82) is 0 Å². The van der Waals surface area contributed by atoms with Crippen LogP contribution in [0.25, 0.3) is 0 Å². The molecule has 29 heavy (non-hydrogen) atoms. The van der Waals surface area contributed by atoms with Gasteiger partial charge in [-0.1, -0.05) is 36.4 Å². The van der Waals surface area contributed by atoms with E-state index in [0.717, 1.165) is 51.5 Å². The lowest BCUT2D eigenvalue weighted by molar-refractivity contribution is 0.0945.